The molecule has 40 heavy (non-hydrogen) atoms. The van der Waals surface area contributed by atoms with Crippen LogP contribution >= 0.6 is 0 Å². The van der Waals surface area contributed by atoms with Crippen LogP contribution in [0.4, 0.5) is 5.69 Å². The van der Waals surface area contributed by atoms with Crippen molar-refractivity contribution in [2.75, 3.05) is 11.9 Å². The second-order valence-corrected chi connectivity index (χ2v) is 9.94. The lowest BCUT2D eigenvalue weighted by Crippen LogP contribution is -2.39. The molecule has 0 unspecified atom stereocenters. The molecule has 0 radical (unpaired) electrons. The lowest BCUT2D eigenvalue weighted by molar-refractivity contribution is 0.0916. The maximum atomic E-state index is 13.8. The zero-order chi connectivity index (χ0) is 27.5. The second kappa shape index (κ2) is 11.0. The number of carbonyl (C=O) groups excluding carboxylic acids is 2. The Bertz CT molecular complexity index is 1740. The van der Waals surface area contributed by atoms with Crippen molar-refractivity contribution in [2.24, 2.45) is 0 Å². The fourth-order valence-corrected chi connectivity index (χ4v) is 5.30. The topological polar surface area (TPSA) is 78.4 Å². The number of aliphatic hydroxyl groups excluding tert-OH is 1. The lowest BCUT2D eigenvalue weighted by Gasteiger charge is -2.20. The van der Waals surface area contributed by atoms with Crippen LogP contribution in [-0.2, 0) is 6.42 Å². The van der Waals surface area contributed by atoms with E-state index in [9.17, 15) is 14.7 Å². The number of benzene rings is 5. The predicted molar refractivity (Wildman–Crippen MR) is 161 cm³/mol. The van der Waals surface area contributed by atoms with Crippen molar-refractivity contribution >= 4 is 40.4 Å². The molecule has 1 aliphatic heterocycles. The second-order valence-electron chi connectivity index (χ2n) is 9.94. The summed E-state index contributed by atoms with van der Waals surface area (Å²) in [5, 5.41) is 18.0. The fraction of sp³-hybridized carbons (Fsp3) is 0.0857. The molecule has 196 valence electrons. The average Bonchev–Trinajstić information content (AvgIpc) is 3.10. The molecule has 1 aliphatic rings. The summed E-state index contributed by atoms with van der Waals surface area (Å²) in [7, 11) is 0. The molecule has 1 atom stereocenters. The van der Waals surface area contributed by atoms with Gasteiger partial charge >= 0.3 is 0 Å². The Kier molecular flexibility index (Phi) is 6.96. The quantitative estimate of drug-likeness (QED) is 0.211. The van der Waals surface area contributed by atoms with Gasteiger partial charge < -0.3 is 15.7 Å². The largest absolute Gasteiger partial charge is 0.394 e. The molecule has 5 aromatic carbocycles. The van der Waals surface area contributed by atoms with E-state index < -0.39 is 6.04 Å². The Balaban J connectivity index is 1.47. The van der Waals surface area contributed by atoms with E-state index in [-0.39, 0.29) is 18.4 Å². The van der Waals surface area contributed by atoms with Gasteiger partial charge in [-0.2, -0.15) is 0 Å². The van der Waals surface area contributed by atoms with Gasteiger partial charge in [0.2, 0.25) is 0 Å². The summed E-state index contributed by atoms with van der Waals surface area (Å²) in [6.45, 7) is -0.190. The highest BCUT2D eigenvalue weighted by atomic mass is 16.3. The molecule has 0 saturated heterocycles. The highest BCUT2D eigenvalue weighted by Gasteiger charge is 2.25. The molecule has 0 aromatic heterocycles. The minimum atomic E-state index is -0.452. The van der Waals surface area contributed by atoms with Crippen LogP contribution in [0, 0.1) is 0 Å². The normalized spacial score (nSPS) is 13.0. The van der Waals surface area contributed by atoms with Gasteiger partial charge in [0.1, 0.15) is 0 Å². The molecule has 5 aromatic rings. The average molecular weight is 525 g/mol. The number of rotatable bonds is 7. The van der Waals surface area contributed by atoms with Crippen molar-refractivity contribution in [1.29, 1.82) is 0 Å². The Labute approximate surface area is 232 Å². The van der Waals surface area contributed by atoms with Gasteiger partial charge in [0, 0.05) is 22.4 Å². The molecular weight excluding hydrogens is 496 g/mol. The van der Waals surface area contributed by atoms with E-state index in [1.165, 1.54) is 0 Å². The van der Waals surface area contributed by atoms with Crippen LogP contribution in [0.5, 0.6) is 0 Å². The zero-order valence-electron chi connectivity index (χ0n) is 21.8. The first kappa shape index (κ1) is 25.3. The summed E-state index contributed by atoms with van der Waals surface area (Å²) >= 11 is 0. The summed E-state index contributed by atoms with van der Waals surface area (Å²) in [6.07, 6.45) is 4.41. The van der Waals surface area contributed by atoms with Gasteiger partial charge in [-0.1, -0.05) is 97.1 Å². The van der Waals surface area contributed by atoms with Crippen LogP contribution in [0.3, 0.4) is 0 Å². The van der Waals surface area contributed by atoms with Crippen LogP contribution < -0.4 is 10.6 Å². The van der Waals surface area contributed by atoms with Crippen LogP contribution in [0.1, 0.15) is 37.4 Å². The Morgan fingerprint density at radius 1 is 0.850 bits per heavy atom. The Morgan fingerprint density at radius 2 is 1.57 bits per heavy atom. The number of fused-ring (bicyclic) bond motifs is 6. The number of amides is 2. The van der Waals surface area contributed by atoms with Crippen LogP contribution in [0.25, 0.3) is 34.1 Å². The number of nitrogens with one attached hydrogen (secondary N) is 2. The summed E-state index contributed by atoms with van der Waals surface area (Å²) in [6, 6.07) is 34.5. The molecule has 0 saturated carbocycles. The third-order valence-electron chi connectivity index (χ3n) is 7.26. The molecule has 0 aliphatic carbocycles. The van der Waals surface area contributed by atoms with Crippen LogP contribution in [-0.4, -0.2) is 29.6 Å². The first-order valence-electron chi connectivity index (χ1n) is 13.3. The number of aliphatic hydroxyl groups is 1. The van der Waals surface area contributed by atoms with Crippen LogP contribution in [0.2, 0.25) is 0 Å². The third kappa shape index (κ3) is 5.03. The monoisotopic (exact) mass is 524 g/mol. The number of hydrogen-bond donors (Lipinski definition) is 3. The standard InChI is InChI=1S/C35H28N2O3/c38-22-27(19-24-11-5-2-6-12-24)36-34(39)30-17-18-32-33(29(30)16-15-23-9-3-1-4-10-23)26-20-25-13-7-8-14-28(25)31(21-26)35(40)37-32/h1-18,20-21,27,38H,19,22H2,(H,36,39)(H,37,40)/b16-15+/t27-/m0/s1. The number of anilines is 1. The third-order valence-corrected chi connectivity index (χ3v) is 7.26. The summed E-state index contributed by atoms with van der Waals surface area (Å²) in [5.41, 5.74) is 6.04. The van der Waals surface area contributed by atoms with E-state index >= 15 is 0 Å². The van der Waals surface area contributed by atoms with Gasteiger partial charge in [-0.05, 0) is 63.7 Å². The predicted octanol–water partition coefficient (Wildman–Crippen LogP) is 6.58. The highest BCUT2D eigenvalue weighted by molar-refractivity contribution is 6.18. The van der Waals surface area contributed by atoms with E-state index in [0.29, 0.717) is 28.8 Å². The first-order valence-corrected chi connectivity index (χ1v) is 13.3. The fourth-order valence-electron chi connectivity index (χ4n) is 5.30. The minimum Gasteiger partial charge on any atom is -0.394 e. The molecule has 2 bridgehead atoms. The van der Waals surface area contributed by atoms with Crippen molar-refractivity contribution in [1.82, 2.24) is 5.32 Å². The van der Waals surface area contributed by atoms with E-state index in [2.05, 4.69) is 16.7 Å². The molecule has 5 nitrogen and oxygen atoms in total. The van der Waals surface area contributed by atoms with Crippen molar-refractivity contribution in [3.63, 3.8) is 0 Å². The van der Waals surface area contributed by atoms with Crippen molar-refractivity contribution in [3.05, 3.63) is 137 Å². The maximum Gasteiger partial charge on any atom is 0.256 e. The van der Waals surface area contributed by atoms with Gasteiger partial charge in [-0.25, -0.2) is 0 Å². The molecule has 0 spiro atoms. The van der Waals surface area contributed by atoms with E-state index in [0.717, 1.165) is 33.0 Å². The number of carbonyl (C=O) groups is 2. The highest BCUT2D eigenvalue weighted by Crippen LogP contribution is 2.40. The van der Waals surface area contributed by atoms with Crippen LogP contribution in [0.15, 0.2) is 109 Å². The first-order chi connectivity index (χ1) is 19.6. The lowest BCUT2D eigenvalue weighted by atomic mass is 9.90. The van der Waals surface area contributed by atoms with Gasteiger partial charge in [-0.15, -0.1) is 0 Å². The van der Waals surface area contributed by atoms with Crippen molar-refractivity contribution in [2.45, 2.75) is 12.5 Å². The molecule has 3 N–H and O–H groups in total. The summed E-state index contributed by atoms with van der Waals surface area (Å²) < 4.78 is 0. The van der Waals surface area contributed by atoms with Gasteiger partial charge in [-0.3, -0.25) is 9.59 Å². The smallest absolute Gasteiger partial charge is 0.256 e. The van der Waals surface area contributed by atoms with E-state index in [1.54, 1.807) is 12.1 Å². The Morgan fingerprint density at radius 3 is 2.35 bits per heavy atom. The SMILES string of the molecule is O=C(N[C@H](CO)Cc1ccccc1)c1ccc2c(c1/C=C/c1ccccc1)-c1cc(c3ccccc3c1)C(=O)N2. The zero-order valence-corrected chi connectivity index (χ0v) is 21.8. The van der Waals surface area contributed by atoms with Crippen molar-refractivity contribution in [3.8, 4) is 11.1 Å². The Hall–Kier alpha value is -5.00. The van der Waals surface area contributed by atoms with E-state index in [4.69, 9.17) is 0 Å². The summed E-state index contributed by atoms with van der Waals surface area (Å²) in [5.74, 6) is -0.475. The molecule has 0 fully saturated rings. The molecular formula is C35H28N2O3. The molecule has 5 heteroatoms. The van der Waals surface area contributed by atoms with Gasteiger partial charge in [0.05, 0.1) is 12.6 Å². The molecule has 2 amide bonds. The number of hydrogen-bond acceptors (Lipinski definition) is 3. The summed E-state index contributed by atoms with van der Waals surface area (Å²) in [4.78, 5) is 27.1. The van der Waals surface area contributed by atoms with Gasteiger partial charge in [0.15, 0.2) is 0 Å². The van der Waals surface area contributed by atoms with Crippen molar-refractivity contribution < 1.29 is 14.7 Å². The van der Waals surface area contributed by atoms with E-state index in [1.807, 2.05) is 103 Å². The maximum absolute atomic E-state index is 13.8. The van der Waals surface area contributed by atoms with Gasteiger partial charge in [0.25, 0.3) is 11.8 Å². The molecule has 1 heterocycles. The minimum absolute atomic E-state index is 0.185. The molecule has 6 rings (SSSR count).